The van der Waals surface area contributed by atoms with Crippen molar-refractivity contribution in [1.82, 2.24) is 4.57 Å². The predicted molar refractivity (Wildman–Crippen MR) is 153 cm³/mol. The van der Waals surface area contributed by atoms with E-state index in [0.29, 0.717) is 34.3 Å². The van der Waals surface area contributed by atoms with Gasteiger partial charge >= 0.3 is 0 Å². The number of amides is 1. The largest absolute Gasteiger partial charge is 0.493 e. The molecule has 0 atom stereocenters. The summed E-state index contributed by atoms with van der Waals surface area (Å²) in [5.41, 5.74) is 5.36. The number of rotatable bonds is 8. The van der Waals surface area contributed by atoms with Crippen molar-refractivity contribution in [1.29, 1.82) is 0 Å². The Morgan fingerprint density at radius 2 is 1.66 bits per heavy atom. The maximum Gasteiger partial charge on any atom is 0.279 e. The van der Waals surface area contributed by atoms with E-state index in [1.54, 1.807) is 26.4 Å². The van der Waals surface area contributed by atoms with Crippen LogP contribution >= 0.6 is 11.3 Å². The van der Waals surface area contributed by atoms with Gasteiger partial charge in [-0.2, -0.15) is 4.99 Å². The maximum absolute atomic E-state index is 13.0. The normalized spacial score (nSPS) is 14.4. The first-order valence-corrected chi connectivity index (χ1v) is 14.2. The van der Waals surface area contributed by atoms with Gasteiger partial charge in [0.25, 0.3) is 5.91 Å². The van der Waals surface area contributed by atoms with Gasteiger partial charge in [-0.3, -0.25) is 4.79 Å². The minimum Gasteiger partial charge on any atom is -0.493 e. The molecule has 5 rings (SSSR count). The zero-order valence-corrected chi connectivity index (χ0v) is 22.9. The Balaban J connectivity index is 1.47. The van der Waals surface area contributed by atoms with Gasteiger partial charge in [0.1, 0.15) is 0 Å². The second-order valence-corrected chi connectivity index (χ2v) is 10.6. The summed E-state index contributed by atoms with van der Waals surface area (Å²) < 4.78 is 13.1. The quantitative estimate of drug-likeness (QED) is 0.243. The standard InChI is InChI=1S/C32H34N2O3S/c1-36-29-18-13-23(21-30(29)37-2)19-20-34-28(22-38-32(34)33-31(35)27-11-7-4-8-12-27)26-16-14-25(15-17-26)24-9-5-3-6-10-24/h4,7-8,11-18,21-22,24H,3,5-6,9-10,19-20H2,1-2H3. The monoisotopic (exact) mass is 526 g/mol. The summed E-state index contributed by atoms with van der Waals surface area (Å²) in [4.78, 5) is 18.2. The fourth-order valence-electron chi connectivity index (χ4n) is 5.24. The van der Waals surface area contributed by atoms with Crippen molar-refractivity contribution in [3.05, 3.63) is 99.7 Å². The highest BCUT2D eigenvalue weighted by Gasteiger charge is 2.16. The van der Waals surface area contributed by atoms with Crippen LogP contribution in [0.5, 0.6) is 11.5 Å². The van der Waals surface area contributed by atoms with Crippen molar-refractivity contribution >= 4 is 17.2 Å². The fraction of sp³-hybridized carbons (Fsp3) is 0.312. The van der Waals surface area contributed by atoms with Gasteiger partial charge < -0.3 is 14.0 Å². The molecule has 4 aromatic rings. The number of ether oxygens (including phenoxy) is 2. The highest BCUT2D eigenvalue weighted by atomic mass is 32.1. The van der Waals surface area contributed by atoms with Crippen LogP contribution in [-0.4, -0.2) is 24.7 Å². The van der Waals surface area contributed by atoms with Crippen LogP contribution in [0.25, 0.3) is 11.3 Å². The van der Waals surface area contributed by atoms with E-state index in [9.17, 15) is 4.79 Å². The molecule has 1 saturated carbocycles. The lowest BCUT2D eigenvalue weighted by Crippen LogP contribution is -2.19. The van der Waals surface area contributed by atoms with Gasteiger partial charge in [0, 0.05) is 17.5 Å². The van der Waals surface area contributed by atoms with Gasteiger partial charge in [-0.05, 0) is 66.1 Å². The lowest BCUT2D eigenvalue weighted by atomic mass is 9.84. The van der Waals surface area contributed by atoms with Crippen molar-refractivity contribution in [2.45, 2.75) is 51.0 Å². The molecular weight excluding hydrogens is 492 g/mol. The molecular formula is C32H34N2O3S. The summed E-state index contributed by atoms with van der Waals surface area (Å²) in [6.07, 6.45) is 7.34. The number of aryl methyl sites for hydroxylation is 1. The van der Waals surface area contributed by atoms with Gasteiger partial charge in [-0.25, -0.2) is 0 Å². The molecule has 0 saturated heterocycles. The molecule has 5 nitrogen and oxygen atoms in total. The van der Waals surface area contributed by atoms with Crippen LogP contribution in [0.15, 0.2) is 83.2 Å². The number of hydrogen-bond acceptors (Lipinski definition) is 4. The van der Waals surface area contributed by atoms with Gasteiger partial charge in [0.15, 0.2) is 16.3 Å². The van der Waals surface area contributed by atoms with E-state index < -0.39 is 0 Å². The number of methoxy groups -OCH3 is 2. The van der Waals surface area contributed by atoms with E-state index in [4.69, 9.17) is 9.47 Å². The van der Waals surface area contributed by atoms with Crippen LogP contribution in [0, 0.1) is 0 Å². The van der Waals surface area contributed by atoms with Crippen molar-refractivity contribution in [2.24, 2.45) is 4.99 Å². The molecule has 1 aliphatic rings. The van der Waals surface area contributed by atoms with Crippen molar-refractivity contribution in [2.75, 3.05) is 14.2 Å². The molecule has 196 valence electrons. The molecule has 1 heterocycles. The second-order valence-electron chi connectivity index (χ2n) is 9.73. The van der Waals surface area contributed by atoms with Gasteiger partial charge in [0.2, 0.25) is 0 Å². The third-order valence-electron chi connectivity index (χ3n) is 7.37. The van der Waals surface area contributed by atoms with E-state index in [-0.39, 0.29) is 5.91 Å². The molecule has 3 aromatic carbocycles. The van der Waals surface area contributed by atoms with E-state index >= 15 is 0 Å². The fourth-order valence-corrected chi connectivity index (χ4v) is 6.17. The molecule has 1 amide bonds. The number of nitrogens with zero attached hydrogens (tertiary/aromatic N) is 2. The van der Waals surface area contributed by atoms with Gasteiger partial charge in [-0.1, -0.05) is 67.8 Å². The molecule has 0 unspecified atom stereocenters. The van der Waals surface area contributed by atoms with Crippen LogP contribution in [0.4, 0.5) is 0 Å². The number of hydrogen-bond donors (Lipinski definition) is 0. The number of carbonyl (C=O) groups excluding carboxylic acids is 1. The topological polar surface area (TPSA) is 52.8 Å². The van der Waals surface area contributed by atoms with Crippen molar-refractivity contribution in [3.8, 4) is 22.8 Å². The summed E-state index contributed by atoms with van der Waals surface area (Å²) in [5.74, 6) is 1.86. The summed E-state index contributed by atoms with van der Waals surface area (Å²) in [7, 11) is 3.29. The summed E-state index contributed by atoms with van der Waals surface area (Å²) in [6.45, 7) is 0.680. The molecule has 0 aliphatic heterocycles. The van der Waals surface area contributed by atoms with Gasteiger partial charge in [0.05, 0.1) is 19.9 Å². The Kier molecular flexibility index (Phi) is 8.39. The number of carbonyl (C=O) groups is 1. The number of benzene rings is 3. The predicted octanol–water partition coefficient (Wildman–Crippen LogP) is 7.27. The SMILES string of the molecule is COc1ccc(CCn2c(-c3ccc(C4CCCCC4)cc3)csc2=NC(=O)c2ccccc2)cc1OC. The van der Waals surface area contributed by atoms with Crippen LogP contribution in [0.3, 0.4) is 0 Å². The lowest BCUT2D eigenvalue weighted by molar-refractivity contribution is 0.0997. The van der Waals surface area contributed by atoms with Crippen LogP contribution < -0.4 is 14.3 Å². The number of aromatic nitrogens is 1. The molecule has 0 N–H and O–H groups in total. The zero-order valence-electron chi connectivity index (χ0n) is 22.1. The van der Waals surface area contributed by atoms with Crippen molar-refractivity contribution < 1.29 is 14.3 Å². The Hall–Kier alpha value is -3.64. The highest BCUT2D eigenvalue weighted by Crippen LogP contribution is 2.34. The molecule has 0 radical (unpaired) electrons. The third-order valence-corrected chi connectivity index (χ3v) is 8.23. The van der Waals surface area contributed by atoms with Crippen LogP contribution in [-0.2, 0) is 13.0 Å². The molecule has 1 fully saturated rings. The average molecular weight is 527 g/mol. The number of thiazole rings is 1. The summed E-state index contributed by atoms with van der Waals surface area (Å²) in [6, 6.07) is 24.3. The molecule has 1 aliphatic carbocycles. The highest BCUT2D eigenvalue weighted by molar-refractivity contribution is 7.07. The zero-order chi connectivity index (χ0) is 26.3. The first kappa shape index (κ1) is 26.0. The van der Waals surface area contributed by atoms with Gasteiger partial charge in [-0.15, -0.1) is 11.3 Å². The Labute approximate surface area is 228 Å². The Morgan fingerprint density at radius 1 is 0.921 bits per heavy atom. The smallest absolute Gasteiger partial charge is 0.279 e. The third kappa shape index (κ3) is 5.91. The minimum atomic E-state index is -0.230. The van der Waals surface area contributed by atoms with E-state index in [2.05, 4.69) is 45.3 Å². The van der Waals surface area contributed by atoms with Crippen molar-refractivity contribution in [3.63, 3.8) is 0 Å². The molecule has 38 heavy (non-hydrogen) atoms. The molecule has 0 bridgehead atoms. The van der Waals surface area contributed by atoms with Crippen LogP contribution in [0.2, 0.25) is 0 Å². The molecule has 1 aromatic heterocycles. The molecule has 0 spiro atoms. The maximum atomic E-state index is 13.0. The van der Waals surface area contributed by atoms with E-state index in [1.165, 1.54) is 49.0 Å². The van der Waals surface area contributed by atoms with Crippen LogP contribution in [0.1, 0.15) is 59.5 Å². The Bertz CT molecular complexity index is 1430. The minimum absolute atomic E-state index is 0.230. The van der Waals surface area contributed by atoms with E-state index in [0.717, 1.165) is 23.2 Å². The average Bonchev–Trinajstić information content (AvgIpc) is 3.38. The first-order valence-electron chi connectivity index (χ1n) is 13.3. The second kappa shape index (κ2) is 12.3. The lowest BCUT2D eigenvalue weighted by Gasteiger charge is -2.22. The first-order chi connectivity index (χ1) is 18.7. The summed E-state index contributed by atoms with van der Waals surface area (Å²) >= 11 is 1.51. The summed E-state index contributed by atoms with van der Waals surface area (Å²) in [5, 5.41) is 2.11. The molecule has 6 heteroatoms. The Morgan fingerprint density at radius 3 is 2.37 bits per heavy atom. The van der Waals surface area contributed by atoms with E-state index in [1.807, 2.05) is 30.3 Å².